The Morgan fingerprint density at radius 3 is 2.53 bits per heavy atom. The number of nitrogens with two attached hydrogens (primary N) is 1. The first-order valence-electron chi connectivity index (χ1n) is 5.82. The van der Waals surface area contributed by atoms with Gasteiger partial charge in [-0.05, 0) is 31.9 Å². The summed E-state index contributed by atoms with van der Waals surface area (Å²) in [5.41, 5.74) is 6.87. The number of hydrogen-bond donors (Lipinski definition) is 1. The fraction of sp³-hybridized carbons (Fsp3) is 0.500. The molecule has 0 unspecified atom stereocenters. The number of aryl methyl sites for hydroxylation is 1. The second kappa shape index (κ2) is 4.76. The van der Waals surface area contributed by atoms with Gasteiger partial charge in [0.2, 0.25) is 10.0 Å². The van der Waals surface area contributed by atoms with Crippen LogP contribution in [0.5, 0.6) is 0 Å². The van der Waals surface area contributed by atoms with E-state index in [-0.39, 0.29) is 6.04 Å². The maximum absolute atomic E-state index is 12.3. The van der Waals surface area contributed by atoms with Crippen LogP contribution in [0.2, 0.25) is 0 Å². The van der Waals surface area contributed by atoms with Gasteiger partial charge in [0.25, 0.3) is 0 Å². The lowest BCUT2D eigenvalue weighted by atomic mass is 10.1. The second-order valence-corrected chi connectivity index (χ2v) is 6.52. The van der Waals surface area contributed by atoms with Crippen LogP contribution in [0.4, 0.5) is 0 Å². The van der Waals surface area contributed by atoms with Crippen LogP contribution in [0.1, 0.15) is 18.4 Å². The molecule has 0 aromatic heterocycles. The summed E-state index contributed by atoms with van der Waals surface area (Å²) >= 11 is 0. The highest BCUT2D eigenvalue weighted by atomic mass is 32.2. The zero-order chi connectivity index (χ0) is 12.5. The molecular formula is C12H18N2O2S. The maximum Gasteiger partial charge on any atom is 0.243 e. The van der Waals surface area contributed by atoms with E-state index in [0.29, 0.717) is 18.0 Å². The molecule has 2 rings (SSSR count). The van der Waals surface area contributed by atoms with Gasteiger partial charge < -0.3 is 5.73 Å². The van der Waals surface area contributed by atoms with Crippen LogP contribution >= 0.6 is 0 Å². The minimum atomic E-state index is -3.36. The van der Waals surface area contributed by atoms with E-state index in [2.05, 4.69) is 0 Å². The molecule has 1 aliphatic rings. The van der Waals surface area contributed by atoms with Crippen molar-refractivity contribution in [2.45, 2.75) is 30.7 Å². The number of benzene rings is 1. The zero-order valence-electron chi connectivity index (χ0n) is 9.96. The van der Waals surface area contributed by atoms with Crippen molar-refractivity contribution in [2.24, 2.45) is 5.73 Å². The van der Waals surface area contributed by atoms with E-state index < -0.39 is 10.0 Å². The van der Waals surface area contributed by atoms with Gasteiger partial charge in [-0.15, -0.1) is 0 Å². The molecule has 1 heterocycles. The van der Waals surface area contributed by atoms with Crippen molar-refractivity contribution < 1.29 is 8.42 Å². The molecule has 1 atom stereocenters. The van der Waals surface area contributed by atoms with Gasteiger partial charge in [-0.2, -0.15) is 4.31 Å². The van der Waals surface area contributed by atoms with E-state index in [1.807, 2.05) is 19.1 Å². The Morgan fingerprint density at radius 1 is 1.29 bits per heavy atom. The fourth-order valence-electron chi connectivity index (χ4n) is 2.05. The molecule has 94 valence electrons. The molecule has 17 heavy (non-hydrogen) atoms. The average molecular weight is 254 g/mol. The first kappa shape index (κ1) is 12.5. The monoisotopic (exact) mass is 254 g/mol. The number of piperidine rings is 1. The Balaban J connectivity index is 2.26. The molecule has 1 fully saturated rings. The molecule has 1 aromatic rings. The Labute approximate surface area is 102 Å². The van der Waals surface area contributed by atoms with Gasteiger partial charge in [-0.1, -0.05) is 17.7 Å². The van der Waals surface area contributed by atoms with Crippen LogP contribution < -0.4 is 5.73 Å². The van der Waals surface area contributed by atoms with Gasteiger partial charge in [-0.3, -0.25) is 0 Å². The minimum Gasteiger partial charge on any atom is -0.327 e. The van der Waals surface area contributed by atoms with Gasteiger partial charge >= 0.3 is 0 Å². The van der Waals surface area contributed by atoms with Crippen molar-refractivity contribution in [3.8, 4) is 0 Å². The molecule has 5 heteroatoms. The predicted molar refractivity (Wildman–Crippen MR) is 67.1 cm³/mol. The van der Waals surface area contributed by atoms with Crippen molar-refractivity contribution in [1.82, 2.24) is 4.31 Å². The first-order chi connectivity index (χ1) is 8.00. The van der Waals surface area contributed by atoms with Crippen LogP contribution in [-0.4, -0.2) is 31.9 Å². The van der Waals surface area contributed by atoms with Crippen molar-refractivity contribution in [1.29, 1.82) is 0 Å². The summed E-state index contributed by atoms with van der Waals surface area (Å²) < 4.78 is 26.1. The summed E-state index contributed by atoms with van der Waals surface area (Å²) in [6.45, 7) is 2.94. The smallest absolute Gasteiger partial charge is 0.243 e. The Bertz CT molecular complexity index is 482. The molecular weight excluding hydrogens is 236 g/mol. The van der Waals surface area contributed by atoms with Gasteiger partial charge in [0, 0.05) is 19.1 Å². The Morgan fingerprint density at radius 2 is 1.94 bits per heavy atom. The van der Waals surface area contributed by atoms with Crippen molar-refractivity contribution in [3.63, 3.8) is 0 Å². The van der Waals surface area contributed by atoms with E-state index in [9.17, 15) is 8.42 Å². The number of hydrogen-bond acceptors (Lipinski definition) is 3. The summed E-state index contributed by atoms with van der Waals surface area (Å²) in [4.78, 5) is 0.359. The SMILES string of the molecule is Cc1ccc(S(=O)(=O)N2CCC[C@H](N)C2)cc1. The molecule has 1 aliphatic heterocycles. The van der Waals surface area contributed by atoms with Crippen LogP contribution in [0.15, 0.2) is 29.2 Å². The standard InChI is InChI=1S/C12H18N2O2S/c1-10-4-6-12(7-5-10)17(15,16)14-8-2-3-11(13)9-14/h4-7,11H,2-3,8-9,13H2,1H3/t11-/m0/s1. The molecule has 0 amide bonds. The van der Waals surface area contributed by atoms with E-state index in [1.165, 1.54) is 4.31 Å². The molecule has 0 bridgehead atoms. The summed E-state index contributed by atoms with van der Waals surface area (Å²) in [5, 5.41) is 0. The highest BCUT2D eigenvalue weighted by Gasteiger charge is 2.28. The third kappa shape index (κ3) is 2.68. The largest absolute Gasteiger partial charge is 0.327 e. The molecule has 1 aromatic carbocycles. The lowest BCUT2D eigenvalue weighted by Gasteiger charge is -2.29. The zero-order valence-corrected chi connectivity index (χ0v) is 10.8. The predicted octanol–water partition coefficient (Wildman–Crippen LogP) is 1.11. The molecule has 0 spiro atoms. The lowest BCUT2D eigenvalue weighted by molar-refractivity contribution is 0.316. The molecule has 0 aliphatic carbocycles. The van der Waals surface area contributed by atoms with Crippen LogP contribution in [0.3, 0.4) is 0 Å². The van der Waals surface area contributed by atoms with Gasteiger partial charge in [-0.25, -0.2) is 8.42 Å². The van der Waals surface area contributed by atoms with E-state index >= 15 is 0 Å². The van der Waals surface area contributed by atoms with Crippen molar-refractivity contribution >= 4 is 10.0 Å². The topological polar surface area (TPSA) is 63.4 Å². The van der Waals surface area contributed by atoms with Gasteiger partial charge in [0.1, 0.15) is 0 Å². The summed E-state index contributed by atoms with van der Waals surface area (Å²) in [6.07, 6.45) is 1.74. The molecule has 2 N–H and O–H groups in total. The van der Waals surface area contributed by atoms with Gasteiger partial charge in [0.05, 0.1) is 4.90 Å². The number of rotatable bonds is 2. The van der Waals surface area contributed by atoms with Crippen LogP contribution in [0.25, 0.3) is 0 Å². The normalized spacial score (nSPS) is 22.6. The Hall–Kier alpha value is -0.910. The van der Waals surface area contributed by atoms with E-state index in [4.69, 9.17) is 5.73 Å². The molecule has 1 saturated heterocycles. The number of sulfonamides is 1. The molecule has 0 saturated carbocycles. The highest BCUT2D eigenvalue weighted by molar-refractivity contribution is 7.89. The summed E-state index contributed by atoms with van der Waals surface area (Å²) in [6, 6.07) is 6.91. The molecule has 4 nitrogen and oxygen atoms in total. The second-order valence-electron chi connectivity index (χ2n) is 4.58. The minimum absolute atomic E-state index is 0.0380. The quantitative estimate of drug-likeness (QED) is 0.860. The third-order valence-corrected chi connectivity index (χ3v) is 4.96. The first-order valence-corrected chi connectivity index (χ1v) is 7.26. The molecule has 0 radical (unpaired) electrons. The fourth-order valence-corrected chi connectivity index (χ4v) is 3.59. The van der Waals surface area contributed by atoms with E-state index in [1.54, 1.807) is 12.1 Å². The highest BCUT2D eigenvalue weighted by Crippen LogP contribution is 2.20. The maximum atomic E-state index is 12.3. The van der Waals surface area contributed by atoms with Gasteiger partial charge in [0.15, 0.2) is 0 Å². The average Bonchev–Trinajstić information content (AvgIpc) is 2.29. The van der Waals surface area contributed by atoms with Crippen molar-refractivity contribution in [2.75, 3.05) is 13.1 Å². The van der Waals surface area contributed by atoms with Crippen LogP contribution in [-0.2, 0) is 10.0 Å². The summed E-state index contributed by atoms with van der Waals surface area (Å²) in [5.74, 6) is 0. The Kier molecular flexibility index (Phi) is 3.51. The van der Waals surface area contributed by atoms with Crippen LogP contribution in [0, 0.1) is 6.92 Å². The van der Waals surface area contributed by atoms with E-state index in [0.717, 1.165) is 18.4 Å². The lowest BCUT2D eigenvalue weighted by Crippen LogP contribution is -2.45. The third-order valence-electron chi connectivity index (χ3n) is 3.08. The van der Waals surface area contributed by atoms with Crippen molar-refractivity contribution in [3.05, 3.63) is 29.8 Å². The summed E-state index contributed by atoms with van der Waals surface area (Å²) in [7, 11) is -3.36. The number of nitrogens with zero attached hydrogens (tertiary/aromatic N) is 1.